The molecule has 1 atom stereocenters. The first-order valence-electron chi connectivity index (χ1n) is 11.6. The van der Waals surface area contributed by atoms with E-state index in [1.807, 2.05) is 54.8 Å². The summed E-state index contributed by atoms with van der Waals surface area (Å²) in [4.78, 5) is 33.3. The fourth-order valence-electron chi connectivity index (χ4n) is 3.99. The van der Waals surface area contributed by atoms with Gasteiger partial charge >= 0.3 is 5.97 Å². The number of rotatable bonds is 8. The van der Waals surface area contributed by atoms with E-state index in [0.717, 1.165) is 20.5 Å². The summed E-state index contributed by atoms with van der Waals surface area (Å²) in [5.41, 5.74) is 2.36. The van der Waals surface area contributed by atoms with E-state index in [0.29, 0.717) is 33.0 Å². The molecule has 1 aliphatic heterocycles. The minimum absolute atomic E-state index is 0.215. The molecule has 2 aromatic carbocycles. The fraction of sp³-hybridized carbons (Fsp3) is 0.250. The molecule has 0 saturated heterocycles. The highest BCUT2D eigenvalue weighted by atomic mass is 79.9. The predicted octanol–water partition coefficient (Wildman–Crippen LogP) is 5.24. The van der Waals surface area contributed by atoms with Gasteiger partial charge in [0, 0.05) is 4.90 Å². The molecule has 192 valence electrons. The van der Waals surface area contributed by atoms with Crippen LogP contribution in [0.5, 0.6) is 5.75 Å². The van der Waals surface area contributed by atoms with Gasteiger partial charge in [0.1, 0.15) is 12.4 Å². The Balaban J connectivity index is 1.86. The summed E-state index contributed by atoms with van der Waals surface area (Å²) in [6, 6.07) is 12.9. The second-order valence-corrected chi connectivity index (χ2v) is 11.3. The van der Waals surface area contributed by atoms with Crippen LogP contribution in [-0.4, -0.2) is 29.5 Å². The molecule has 3 aromatic rings. The zero-order valence-corrected chi connectivity index (χ0v) is 24.2. The highest BCUT2D eigenvalue weighted by Crippen LogP contribution is 2.32. The SMILES string of the molecule is C=CCOc1ccc(/C=c2\sc3n(c2=O)[C@@H](c2ccc(SC)cc2)C(C(=O)OC(C)C)=C(C)N=3)cc1Br. The lowest BCUT2D eigenvalue weighted by Gasteiger charge is -2.25. The van der Waals surface area contributed by atoms with Crippen LogP contribution in [0.15, 0.2) is 85.5 Å². The molecule has 0 saturated carbocycles. The lowest BCUT2D eigenvalue weighted by molar-refractivity contribution is -0.143. The molecule has 0 unspecified atom stereocenters. The van der Waals surface area contributed by atoms with Crippen molar-refractivity contribution in [3.05, 3.63) is 102 Å². The molecule has 0 spiro atoms. The molecule has 4 rings (SSSR count). The van der Waals surface area contributed by atoms with Gasteiger partial charge in [0.05, 0.1) is 32.4 Å². The number of aromatic nitrogens is 1. The van der Waals surface area contributed by atoms with Gasteiger partial charge in [-0.3, -0.25) is 9.36 Å². The topological polar surface area (TPSA) is 69.9 Å². The minimum atomic E-state index is -0.637. The van der Waals surface area contributed by atoms with Crippen LogP contribution in [0.4, 0.5) is 0 Å². The second kappa shape index (κ2) is 11.7. The molecular formula is C28H27BrN2O4S2. The average molecular weight is 600 g/mol. The van der Waals surface area contributed by atoms with Gasteiger partial charge in [-0.15, -0.1) is 11.8 Å². The zero-order chi connectivity index (χ0) is 26.7. The summed E-state index contributed by atoms with van der Waals surface area (Å²) in [5, 5.41) is 0. The highest BCUT2D eigenvalue weighted by molar-refractivity contribution is 9.10. The lowest BCUT2D eigenvalue weighted by Crippen LogP contribution is -2.40. The molecule has 0 radical (unpaired) electrons. The van der Waals surface area contributed by atoms with E-state index in [2.05, 4.69) is 27.5 Å². The Morgan fingerprint density at radius 1 is 1.27 bits per heavy atom. The normalized spacial score (nSPS) is 15.4. The minimum Gasteiger partial charge on any atom is -0.488 e. The number of fused-ring (bicyclic) bond motifs is 1. The van der Waals surface area contributed by atoms with Crippen molar-refractivity contribution < 1.29 is 14.3 Å². The number of nitrogens with zero attached hydrogens (tertiary/aromatic N) is 2. The van der Waals surface area contributed by atoms with E-state index in [1.54, 1.807) is 43.2 Å². The second-order valence-electron chi connectivity index (χ2n) is 8.60. The Morgan fingerprint density at radius 2 is 2.00 bits per heavy atom. The van der Waals surface area contributed by atoms with Gasteiger partial charge in [-0.1, -0.05) is 42.2 Å². The number of hydrogen-bond donors (Lipinski definition) is 0. The number of halogens is 1. The number of esters is 1. The fourth-order valence-corrected chi connectivity index (χ4v) is 5.95. The standard InChI is InChI=1S/C28H27BrN2O4S2/c1-6-13-34-22-12-7-18(14-21(22)29)15-23-26(32)31-25(19-8-10-20(36-5)11-9-19)24(27(33)35-16(2)3)17(4)30-28(31)37-23/h6-12,14-16,25H,1,13H2,2-5H3/b23-15-/t25-/m0/s1. The number of carbonyl (C=O) groups excluding carboxylic acids is 1. The number of carbonyl (C=O) groups is 1. The van der Waals surface area contributed by atoms with Crippen LogP contribution >= 0.6 is 39.0 Å². The van der Waals surface area contributed by atoms with Crippen LogP contribution in [0, 0.1) is 0 Å². The maximum Gasteiger partial charge on any atom is 0.338 e. The Morgan fingerprint density at radius 3 is 2.62 bits per heavy atom. The molecule has 1 aromatic heterocycles. The Bertz CT molecular complexity index is 1550. The first-order valence-corrected chi connectivity index (χ1v) is 14.5. The molecule has 0 N–H and O–H groups in total. The Labute approximate surface area is 232 Å². The van der Waals surface area contributed by atoms with Crippen LogP contribution in [-0.2, 0) is 9.53 Å². The van der Waals surface area contributed by atoms with E-state index in [-0.39, 0.29) is 11.7 Å². The van der Waals surface area contributed by atoms with Gasteiger partial charge < -0.3 is 9.47 Å². The first-order chi connectivity index (χ1) is 17.7. The summed E-state index contributed by atoms with van der Waals surface area (Å²) in [6.07, 6.45) is 5.21. The molecule has 0 bridgehead atoms. The average Bonchev–Trinajstić information content (AvgIpc) is 3.16. The van der Waals surface area contributed by atoms with Gasteiger partial charge in [0.15, 0.2) is 4.80 Å². The maximum absolute atomic E-state index is 13.8. The molecule has 37 heavy (non-hydrogen) atoms. The molecule has 2 heterocycles. The summed E-state index contributed by atoms with van der Waals surface area (Å²) < 4.78 is 14.1. The quantitative estimate of drug-likeness (QED) is 0.201. The Hall–Kier alpha value is -2.88. The van der Waals surface area contributed by atoms with E-state index in [1.165, 1.54) is 11.3 Å². The largest absolute Gasteiger partial charge is 0.488 e. The van der Waals surface area contributed by atoms with Gasteiger partial charge in [0.2, 0.25) is 0 Å². The third-order valence-electron chi connectivity index (χ3n) is 5.63. The molecule has 9 heteroatoms. The van der Waals surface area contributed by atoms with Gasteiger partial charge in [-0.2, -0.15) is 0 Å². The Kier molecular flexibility index (Phi) is 8.56. The van der Waals surface area contributed by atoms with Gasteiger partial charge in [-0.05, 0) is 84.4 Å². The van der Waals surface area contributed by atoms with Crippen molar-refractivity contribution in [2.75, 3.05) is 12.9 Å². The van der Waals surface area contributed by atoms with Crippen LogP contribution < -0.4 is 19.6 Å². The summed E-state index contributed by atoms with van der Waals surface area (Å²) in [6.45, 7) is 9.46. The molecule has 1 aliphatic rings. The summed E-state index contributed by atoms with van der Waals surface area (Å²) >= 11 is 6.46. The van der Waals surface area contributed by atoms with E-state index < -0.39 is 12.0 Å². The van der Waals surface area contributed by atoms with E-state index >= 15 is 0 Å². The maximum atomic E-state index is 13.8. The number of thiazole rings is 1. The third-order valence-corrected chi connectivity index (χ3v) is 7.97. The predicted molar refractivity (Wildman–Crippen MR) is 153 cm³/mol. The summed E-state index contributed by atoms with van der Waals surface area (Å²) in [5.74, 6) is 0.222. The van der Waals surface area contributed by atoms with Crippen LogP contribution in [0.25, 0.3) is 6.08 Å². The number of ether oxygens (including phenoxy) is 2. The van der Waals surface area contributed by atoms with Crippen molar-refractivity contribution in [2.45, 2.75) is 37.8 Å². The monoisotopic (exact) mass is 598 g/mol. The van der Waals surface area contributed by atoms with E-state index in [9.17, 15) is 9.59 Å². The number of benzene rings is 2. The number of hydrogen-bond acceptors (Lipinski definition) is 7. The molecule has 0 amide bonds. The van der Waals surface area contributed by atoms with Crippen molar-refractivity contribution in [2.24, 2.45) is 4.99 Å². The van der Waals surface area contributed by atoms with Crippen molar-refractivity contribution in [1.29, 1.82) is 0 Å². The van der Waals surface area contributed by atoms with Crippen LogP contribution in [0.2, 0.25) is 0 Å². The molecule has 0 fully saturated rings. The molecule has 6 nitrogen and oxygen atoms in total. The van der Waals surface area contributed by atoms with Crippen molar-refractivity contribution in [3.63, 3.8) is 0 Å². The zero-order valence-electron chi connectivity index (χ0n) is 21.0. The van der Waals surface area contributed by atoms with Gasteiger partial charge in [-0.25, -0.2) is 9.79 Å². The van der Waals surface area contributed by atoms with Crippen molar-refractivity contribution in [3.8, 4) is 5.75 Å². The van der Waals surface area contributed by atoms with Crippen molar-refractivity contribution >= 4 is 51.1 Å². The molecule has 0 aliphatic carbocycles. The highest BCUT2D eigenvalue weighted by Gasteiger charge is 2.33. The van der Waals surface area contributed by atoms with E-state index in [4.69, 9.17) is 9.47 Å². The lowest BCUT2D eigenvalue weighted by atomic mass is 9.96. The number of thioether (sulfide) groups is 1. The third kappa shape index (κ3) is 5.84. The van der Waals surface area contributed by atoms with Crippen LogP contribution in [0.3, 0.4) is 0 Å². The van der Waals surface area contributed by atoms with Crippen molar-refractivity contribution in [1.82, 2.24) is 4.57 Å². The summed E-state index contributed by atoms with van der Waals surface area (Å²) in [7, 11) is 0. The first kappa shape index (κ1) is 27.2. The van der Waals surface area contributed by atoms with Gasteiger partial charge in [0.25, 0.3) is 5.56 Å². The number of allylic oxidation sites excluding steroid dienone is 1. The van der Waals surface area contributed by atoms with Crippen LogP contribution in [0.1, 0.15) is 37.9 Å². The molecular weight excluding hydrogens is 572 g/mol. The smallest absolute Gasteiger partial charge is 0.338 e.